The Morgan fingerprint density at radius 2 is 1.73 bits per heavy atom. The second-order valence-electron chi connectivity index (χ2n) is 6.17. The minimum Gasteiger partial charge on any atom is -0.469 e. The van der Waals surface area contributed by atoms with Crippen molar-refractivity contribution in [2.75, 3.05) is 27.3 Å². The van der Waals surface area contributed by atoms with E-state index in [-0.39, 0.29) is 13.1 Å². The third kappa shape index (κ3) is 5.42. The Hall–Kier alpha value is -1.99. The molecule has 0 radical (unpaired) electrons. The molecule has 8 heteroatoms. The number of nitrogens with zero attached hydrogens (tertiary/aromatic N) is 1. The first-order valence-corrected chi connectivity index (χ1v) is 7.06. The van der Waals surface area contributed by atoms with E-state index in [0.717, 1.165) is 0 Å². The minimum atomic E-state index is -0.622. The van der Waals surface area contributed by atoms with Crippen molar-refractivity contribution in [2.45, 2.75) is 38.8 Å². The Bertz CT molecular complexity index is 408. The lowest BCUT2D eigenvalue weighted by Crippen LogP contribution is -2.54. The highest BCUT2D eigenvalue weighted by Crippen LogP contribution is 2.19. The van der Waals surface area contributed by atoms with Gasteiger partial charge in [0.2, 0.25) is 0 Å². The van der Waals surface area contributed by atoms with E-state index < -0.39 is 35.7 Å². The average molecular weight is 316 g/mol. The second-order valence-corrected chi connectivity index (χ2v) is 6.17. The number of rotatable bonds is 2. The third-order valence-corrected chi connectivity index (χ3v) is 3.14. The lowest BCUT2D eigenvalue weighted by atomic mass is 9.94. The Morgan fingerprint density at radius 1 is 1.09 bits per heavy atom. The molecule has 1 heterocycles. The normalized spacial score (nSPS) is 21.8. The monoisotopic (exact) mass is 316 g/mol. The number of carbonyl (C=O) groups is 3. The number of amides is 2. The van der Waals surface area contributed by atoms with Gasteiger partial charge in [0.1, 0.15) is 5.60 Å². The maximum absolute atomic E-state index is 11.8. The predicted molar refractivity (Wildman–Crippen MR) is 77.3 cm³/mol. The first-order valence-electron chi connectivity index (χ1n) is 7.06. The van der Waals surface area contributed by atoms with Gasteiger partial charge in [-0.25, -0.2) is 9.59 Å². The van der Waals surface area contributed by atoms with Gasteiger partial charge in [-0.3, -0.25) is 4.79 Å². The van der Waals surface area contributed by atoms with Gasteiger partial charge in [-0.1, -0.05) is 0 Å². The van der Waals surface area contributed by atoms with Crippen LogP contribution in [0.4, 0.5) is 9.59 Å². The van der Waals surface area contributed by atoms with Crippen LogP contribution in [0.3, 0.4) is 0 Å². The summed E-state index contributed by atoms with van der Waals surface area (Å²) in [7, 11) is 2.55. The van der Waals surface area contributed by atoms with E-state index in [1.807, 2.05) is 0 Å². The van der Waals surface area contributed by atoms with Gasteiger partial charge >= 0.3 is 18.2 Å². The summed E-state index contributed by atoms with van der Waals surface area (Å²) in [4.78, 5) is 36.6. The van der Waals surface area contributed by atoms with Crippen molar-refractivity contribution < 1.29 is 28.6 Å². The SMILES string of the molecule is COC(=O)C1CC(NC(=O)OC(C)(C)C)CN(C(=O)OC)C1. The van der Waals surface area contributed by atoms with E-state index in [1.165, 1.54) is 19.1 Å². The predicted octanol–water partition coefficient (Wildman–Crippen LogP) is 1.14. The van der Waals surface area contributed by atoms with Gasteiger partial charge in [0.05, 0.1) is 26.2 Å². The van der Waals surface area contributed by atoms with Gasteiger partial charge in [0, 0.05) is 13.1 Å². The lowest BCUT2D eigenvalue weighted by Gasteiger charge is -2.36. The van der Waals surface area contributed by atoms with Crippen LogP contribution in [-0.2, 0) is 19.0 Å². The number of nitrogens with one attached hydrogen (secondary N) is 1. The Labute approximate surface area is 130 Å². The van der Waals surface area contributed by atoms with Gasteiger partial charge < -0.3 is 24.4 Å². The maximum Gasteiger partial charge on any atom is 0.409 e. The molecule has 2 unspecified atom stereocenters. The number of hydrogen-bond acceptors (Lipinski definition) is 6. The summed E-state index contributed by atoms with van der Waals surface area (Å²) in [6.45, 7) is 5.72. The molecule has 1 fully saturated rings. The van der Waals surface area contributed by atoms with Crippen LogP contribution in [0.5, 0.6) is 0 Å². The molecule has 2 amide bonds. The van der Waals surface area contributed by atoms with E-state index in [9.17, 15) is 14.4 Å². The van der Waals surface area contributed by atoms with Crippen molar-refractivity contribution in [1.82, 2.24) is 10.2 Å². The highest BCUT2D eigenvalue weighted by Gasteiger charge is 2.36. The van der Waals surface area contributed by atoms with Gasteiger partial charge in [-0.2, -0.15) is 0 Å². The Kier molecular flexibility index (Phi) is 6.01. The first kappa shape index (κ1) is 18.1. The molecular weight excluding hydrogens is 292 g/mol. The molecule has 1 N–H and O–H groups in total. The van der Waals surface area contributed by atoms with Gasteiger partial charge in [-0.05, 0) is 27.2 Å². The fraction of sp³-hybridized carbons (Fsp3) is 0.786. The van der Waals surface area contributed by atoms with Crippen molar-refractivity contribution >= 4 is 18.2 Å². The molecule has 1 saturated heterocycles. The molecule has 0 aromatic carbocycles. The van der Waals surface area contributed by atoms with Crippen molar-refractivity contribution in [3.05, 3.63) is 0 Å². The van der Waals surface area contributed by atoms with Crippen LogP contribution in [0.15, 0.2) is 0 Å². The van der Waals surface area contributed by atoms with E-state index in [1.54, 1.807) is 20.8 Å². The topological polar surface area (TPSA) is 94.2 Å². The largest absolute Gasteiger partial charge is 0.469 e. The van der Waals surface area contributed by atoms with Gasteiger partial charge in [0.25, 0.3) is 0 Å². The van der Waals surface area contributed by atoms with Crippen LogP contribution in [-0.4, -0.2) is 62.0 Å². The summed E-state index contributed by atoms with van der Waals surface area (Å²) in [5.74, 6) is -0.942. The van der Waals surface area contributed by atoms with E-state index in [0.29, 0.717) is 6.42 Å². The molecule has 0 saturated carbocycles. The summed E-state index contributed by atoms with van der Waals surface area (Å²) < 4.78 is 14.6. The highest BCUT2D eigenvalue weighted by atomic mass is 16.6. The van der Waals surface area contributed by atoms with Crippen molar-refractivity contribution in [3.63, 3.8) is 0 Å². The van der Waals surface area contributed by atoms with Gasteiger partial charge in [0.15, 0.2) is 0 Å². The molecule has 126 valence electrons. The molecule has 0 aromatic heterocycles. The smallest absolute Gasteiger partial charge is 0.409 e. The molecule has 0 aromatic rings. The molecule has 22 heavy (non-hydrogen) atoms. The van der Waals surface area contributed by atoms with Crippen LogP contribution in [0, 0.1) is 5.92 Å². The summed E-state index contributed by atoms with van der Waals surface area (Å²) in [5, 5.41) is 2.67. The van der Waals surface area contributed by atoms with Crippen LogP contribution >= 0.6 is 0 Å². The second kappa shape index (κ2) is 7.33. The summed E-state index contributed by atoms with van der Waals surface area (Å²) in [5.41, 5.74) is -0.622. The number of ether oxygens (including phenoxy) is 3. The number of hydrogen-bond donors (Lipinski definition) is 1. The molecular formula is C14H24N2O6. The summed E-state index contributed by atoms with van der Waals surface area (Å²) >= 11 is 0. The zero-order valence-electron chi connectivity index (χ0n) is 13.7. The number of esters is 1. The Balaban J connectivity index is 2.73. The number of piperidine rings is 1. The molecule has 1 rings (SSSR count). The van der Waals surface area contributed by atoms with Crippen LogP contribution in [0.1, 0.15) is 27.2 Å². The van der Waals surface area contributed by atoms with E-state index >= 15 is 0 Å². The minimum absolute atomic E-state index is 0.200. The molecule has 0 bridgehead atoms. The standard InChI is InChI=1S/C14H24N2O6/c1-14(2,3)22-12(18)15-10-6-9(11(17)20-4)7-16(8-10)13(19)21-5/h9-10H,6-8H2,1-5H3,(H,15,18). The zero-order valence-corrected chi connectivity index (χ0v) is 13.7. The van der Waals surface area contributed by atoms with Crippen LogP contribution in [0.25, 0.3) is 0 Å². The van der Waals surface area contributed by atoms with Crippen molar-refractivity contribution in [3.8, 4) is 0 Å². The fourth-order valence-electron chi connectivity index (χ4n) is 2.29. The molecule has 1 aliphatic rings. The first-order chi connectivity index (χ1) is 10.2. The quantitative estimate of drug-likeness (QED) is 0.606. The molecule has 2 atom stereocenters. The molecule has 1 aliphatic heterocycles. The number of methoxy groups -OCH3 is 2. The number of likely N-dealkylation sites (tertiary alicyclic amines) is 1. The molecule has 8 nitrogen and oxygen atoms in total. The van der Waals surface area contributed by atoms with Crippen molar-refractivity contribution in [2.24, 2.45) is 5.92 Å². The van der Waals surface area contributed by atoms with Crippen LogP contribution in [0.2, 0.25) is 0 Å². The summed E-state index contributed by atoms with van der Waals surface area (Å²) in [6, 6.07) is -0.410. The zero-order chi connectivity index (χ0) is 16.9. The average Bonchev–Trinajstić information content (AvgIpc) is 2.42. The maximum atomic E-state index is 11.8. The molecule has 0 spiro atoms. The number of carbonyl (C=O) groups excluding carboxylic acids is 3. The fourth-order valence-corrected chi connectivity index (χ4v) is 2.29. The Morgan fingerprint density at radius 3 is 2.23 bits per heavy atom. The van der Waals surface area contributed by atoms with Gasteiger partial charge in [-0.15, -0.1) is 0 Å². The molecule has 0 aliphatic carbocycles. The number of alkyl carbamates (subject to hydrolysis) is 1. The van der Waals surface area contributed by atoms with Crippen molar-refractivity contribution in [1.29, 1.82) is 0 Å². The van der Waals surface area contributed by atoms with E-state index in [4.69, 9.17) is 9.47 Å². The van der Waals surface area contributed by atoms with E-state index in [2.05, 4.69) is 10.1 Å². The highest BCUT2D eigenvalue weighted by molar-refractivity contribution is 5.75. The lowest BCUT2D eigenvalue weighted by molar-refractivity contribution is -0.147. The van der Waals surface area contributed by atoms with Crippen LogP contribution < -0.4 is 5.32 Å². The summed E-state index contributed by atoms with van der Waals surface area (Å²) in [6.07, 6.45) is -0.767. The third-order valence-electron chi connectivity index (χ3n) is 3.14.